The Hall–Kier alpha value is -1.80. The van der Waals surface area contributed by atoms with Gasteiger partial charge in [-0.3, -0.25) is 9.78 Å². The van der Waals surface area contributed by atoms with Gasteiger partial charge < -0.3 is 0 Å². The summed E-state index contributed by atoms with van der Waals surface area (Å²) in [5.41, 5.74) is 0.461. The molecule has 18 heavy (non-hydrogen) atoms. The number of aromatic nitrogens is 2. The van der Waals surface area contributed by atoms with E-state index in [0.29, 0.717) is 10.2 Å². The highest BCUT2D eigenvalue weighted by atomic mass is 32.1. The standard InChI is InChI=1S/C13H12N2O2S/c1-2-7-15-12(16)10-8-5-3-4-6-9(8)18-11(10)14-13(15)17/h1H,3-7H2,(H,14,17). The second kappa shape index (κ2) is 4.14. The van der Waals surface area contributed by atoms with Gasteiger partial charge >= 0.3 is 5.69 Å². The molecule has 0 radical (unpaired) electrons. The lowest BCUT2D eigenvalue weighted by Gasteiger charge is -2.09. The number of fused-ring (bicyclic) bond motifs is 3. The fourth-order valence-corrected chi connectivity index (χ4v) is 3.78. The zero-order valence-corrected chi connectivity index (χ0v) is 10.6. The maximum Gasteiger partial charge on any atom is 0.330 e. The van der Waals surface area contributed by atoms with Crippen molar-refractivity contribution in [1.29, 1.82) is 0 Å². The first-order valence-corrected chi connectivity index (χ1v) is 6.75. The quantitative estimate of drug-likeness (QED) is 0.785. The average Bonchev–Trinajstić information content (AvgIpc) is 2.72. The van der Waals surface area contributed by atoms with Gasteiger partial charge in [-0.15, -0.1) is 17.8 Å². The van der Waals surface area contributed by atoms with Crippen LogP contribution in [0.15, 0.2) is 9.59 Å². The van der Waals surface area contributed by atoms with Gasteiger partial charge in [-0.2, -0.15) is 0 Å². The number of thiophene rings is 1. The summed E-state index contributed by atoms with van der Waals surface area (Å²) >= 11 is 1.53. The SMILES string of the molecule is C#CCn1c(=O)[nH]c2sc3c(c2c1=O)CCCC3. The van der Waals surface area contributed by atoms with Crippen LogP contribution in [-0.4, -0.2) is 9.55 Å². The van der Waals surface area contributed by atoms with Gasteiger partial charge in [0, 0.05) is 4.88 Å². The third-order valence-electron chi connectivity index (χ3n) is 3.35. The van der Waals surface area contributed by atoms with Crippen LogP contribution in [0.25, 0.3) is 10.2 Å². The molecule has 0 bridgehead atoms. The first-order valence-electron chi connectivity index (χ1n) is 5.93. The molecule has 2 aromatic rings. The molecule has 0 fully saturated rings. The highest BCUT2D eigenvalue weighted by molar-refractivity contribution is 7.18. The van der Waals surface area contributed by atoms with E-state index in [4.69, 9.17) is 6.42 Å². The van der Waals surface area contributed by atoms with Crippen LogP contribution in [0.5, 0.6) is 0 Å². The zero-order chi connectivity index (χ0) is 12.7. The fourth-order valence-electron chi connectivity index (χ4n) is 2.51. The summed E-state index contributed by atoms with van der Waals surface area (Å²) in [5, 5.41) is 0.671. The van der Waals surface area contributed by atoms with Crippen LogP contribution in [0.2, 0.25) is 0 Å². The molecule has 0 aliphatic heterocycles. The Morgan fingerprint density at radius 1 is 1.33 bits per heavy atom. The first kappa shape index (κ1) is 11.3. The van der Waals surface area contributed by atoms with Crippen molar-refractivity contribution in [3.63, 3.8) is 0 Å². The van der Waals surface area contributed by atoms with E-state index in [2.05, 4.69) is 10.9 Å². The van der Waals surface area contributed by atoms with Crippen LogP contribution in [0.3, 0.4) is 0 Å². The summed E-state index contributed by atoms with van der Waals surface area (Å²) in [6.07, 6.45) is 9.38. The Balaban J connectivity index is 2.40. The number of hydrogen-bond acceptors (Lipinski definition) is 3. The number of nitrogens with zero attached hydrogens (tertiary/aromatic N) is 1. The number of rotatable bonds is 1. The maximum atomic E-state index is 12.3. The van der Waals surface area contributed by atoms with E-state index in [1.807, 2.05) is 0 Å². The van der Waals surface area contributed by atoms with E-state index in [-0.39, 0.29) is 12.1 Å². The number of H-pyrrole nitrogens is 1. The van der Waals surface area contributed by atoms with Crippen molar-refractivity contribution in [3.8, 4) is 12.3 Å². The van der Waals surface area contributed by atoms with Gasteiger partial charge in [-0.1, -0.05) is 5.92 Å². The molecule has 1 aliphatic carbocycles. The van der Waals surface area contributed by atoms with E-state index < -0.39 is 5.69 Å². The van der Waals surface area contributed by atoms with E-state index in [1.165, 1.54) is 16.2 Å². The molecule has 92 valence electrons. The summed E-state index contributed by atoms with van der Waals surface area (Å²) in [6, 6.07) is 0. The van der Waals surface area contributed by atoms with Gasteiger partial charge in [-0.25, -0.2) is 9.36 Å². The minimum absolute atomic E-state index is 0.0225. The van der Waals surface area contributed by atoms with Gasteiger partial charge in [0.1, 0.15) is 4.83 Å². The predicted molar refractivity (Wildman–Crippen MR) is 72.2 cm³/mol. The molecule has 0 saturated carbocycles. The normalized spacial score (nSPS) is 14.4. The van der Waals surface area contributed by atoms with Gasteiger partial charge in [0.25, 0.3) is 5.56 Å². The second-order valence-electron chi connectivity index (χ2n) is 4.44. The molecular weight excluding hydrogens is 248 g/mol. The van der Waals surface area contributed by atoms with Gasteiger partial charge in [0.15, 0.2) is 0 Å². The molecule has 1 aliphatic rings. The minimum atomic E-state index is -0.413. The lowest BCUT2D eigenvalue weighted by Crippen LogP contribution is -2.34. The lowest BCUT2D eigenvalue weighted by atomic mass is 9.97. The van der Waals surface area contributed by atoms with E-state index >= 15 is 0 Å². The molecular formula is C13H12N2O2S. The van der Waals surface area contributed by atoms with Gasteiger partial charge in [-0.05, 0) is 31.2 Å². The smallest absolute Gasteiger partial charge is 0.298 e. The molecule has 0 atom stereocenters. The molecule has 0 amide bonds. The number of aryl methyl sites for hydroxylation is 2. The Morgan fingerprint density at radius 2 is 2.11 bits per heavy atom. The average molecular weight is 260 g/mol. The summed E-state index contributed by atoms with van der Waals surface area (Å²) in [6.45, 7) is 0.0225. The van der Waals surface area contributed by atoms with Crippen molar-refractivity contribution in [2.75, 3.05) is 0 Å². The Bertz CT molecular complexity index is 773. The van der Waals surface area contributed by atoms with E-state index in [0.717, 1.165) is 35.8 Å². The van der Waals surface area contributed by atoms with E-state index in [1.54, 1.807) is 0 Å². The third-order valence-corrected chi connectivity index (χ3v) is 4.55. The molecule has 5 heteroatoms. The highest BCUT2D eigenvalue weighted by Crippen LogP contribution is 2.32. The molecule has 3 rings (SSSR count). The monoisotopic (exact) mass is 260 g/mol. The van der Waals surface area contributed by atoms with Crippen LogP contribution >= 0.6 is 11.3 Å². The van der Waals surface area contributed by atoms with Gasteiger partial charge in [0.05, 0.1) is 11.9 Å². The minimum Gasteiger partial charge on any atom is -0.298 e. The molecule has 2 heterocycles. The molecule has 0 aromatic carbocycles. The van der Waals surface area contributed by atoms with Crippen molar-refractivity contribution < 1.29 is 0 Å². The lowest BCUT2D eigenvalue weighted by molar-refractivity contribution is 0.697. The van der Waals surface area contributed by atoms with Crippen LogP contribution in [0.1, 0.15) is 23.3 Å². The largest absolute Gasteiger partial charge is 0.330 e. The number of aromatic amines is 1. The fraction of sp³-hybridized carbons (Fsp3) is 0.385. The van der Waals surface area contributed by atoms with Crippen molar-refractivity contribution in [1.82, 2.24) is 9.55 Å². The van der Waals surface area contributed by atoms with Crippen LogP contribution in [-0.2, 0) is 19.4 Å². The van der Waals surface area contributed by atoms with Crippen molar-refractivity contribution in [3.05, 3.63) is 31.3 Å². The number of terminal acetylenes is 1. The molecule has 4 nitrogen and oxygen atoms in total. The molecule has 2 aromatic heterocycles. The molecule has 0 spiro atoms. The van der Waals surface area contributed by atoms with E-state index in [9.17, 15) is 9.59 Å². The zero-order valence-electron chi connectivity index (χ0n) is 9.78. The van der Waals surface area contributed by atoms with Crippen molar-refractivity contribution >= 4 is 21.6 Å². The van der Waals surface area contributed by atoms with Crippen LogP contribution < -0.4 is 11.2 Å². The maximum absolute atomic E-state index is 12.3. The molecule has 0 saturated heterocycles. The topological polar surface area (TPSA) is 54.9 Å². The Kier molecular flexibility index (Phi) is 2.60. The predicted octanol–water partition coefficient (Wildman–Crippen LogP) is 1.26. The highest BCUT2D eigenvalue weighted by Gasteiger charge is 2.20. The van der Waals surface area contributed by atoms with Crippen LogP contribution in [0, 0.1) is 12.3 Å². The van der Waals surface area contributed by atoms with Crippen molar-refractivity contribution in [2.45, 2.75) is 32.2 Å². The molecule has 0 unspecified atom stereocenters. The van der Waals surface area contributed by atoms with Gasteiger partial charge in [0.2, 0.25) is 0 Å². The Morgan fingerprint density at radius 3 is 2.89 bits per heavy atom. The first-order chi connectivity index (χ1) is 8.72. The Labute approximate surface area is 107 Å². The summed E-state index contributed by atoms with van der Waals surface area (Å²) in [5.74, 6) is 2.35. The summed E-state index contributed by atoms with van der Waals surface area (Å²) in [7, 11) is 0. The number of nitrogens with one attached hydrogen (secondary N) is 1. The molecule has 1 N–H and O–H groups in total. The van der Waals surface area contributed by atoms with Crippen LogP contribution in [0.4, 0.5) is 0 Å². The summed E-state index contributed by atoms with van der Waals surface area (Å²) in [4.78, 5) is 28.8. The van der Waals surface area contributed by atoms with Crippen molar-refractivity contribution in [2.24, 2.45) is 0 Å². The third kappa shape index (κ3) is 1.53. The summed E-state index contributed by atoms with van der Waals surface area (Å²) < 4.78 is 1.10. The number of hydrogen-bond donors (Lipinski definition) is 1. The second-order valence-corrected chi connectivity index (χ2v) is 5.55.